The zero-order valence-corrected chi connectivity index (χ0v) is 16.2. The van der Waals surface area contributed by atoms with Crippen LogP contribution in [0.2, 0.25) is 0 Å². The predicted octanol–water partition coefficient (Wildman–Crippen LogP) is 1.71. The number of benzene rings is 1. The molecule has 1 aromatic carbocycles. The molecule has 2 saturated heterocycles. The van der Waals surface area contributed by atoms with Crippen molar-refractivity contribution in [1.82, 2.24) is 10.2 Å². The minimum atomic E-state index is -0.704. The van der Waals surface area contributed by atoms with E-state index in [1.54, 1.807) is 36.1 Å². The standard InChI is InChI=1S/C21H27N3O4/c1-14(19(25)22-13-15-7-6-12-28-15)24-17-9-3-2-8-16(17)20(26)23-11-5-4-10-18(23)21(24)27/h2-3,8-9,14-15,18H,4-7,10-13H2,1H3,(H,22,25)/t14-,15+,18+/m1/s1. The van der Waals surface area contributed by atoms with Gasteiger partial charge in [-0.1, -0.05) is 12.1 Å². The zero-order chi connectivity index (χ0) is 19.7. The molecule has 0 aliphatic carbocycles. The first kappa shape index (κ1) is 18.9. The molecule has 28 heavy (non-hydrogen) atoms. The minimum absolute atomic E-state index is 0.0404. The third kappa shape index (κ3) is 3.39. The Labute approximate surface area is 165 Å². The van der Waals surface area contributed by atoms with Crippen molar-refractivity contribution in [3.8, 4) is 0 Å². The molecule has 0 bridgehead atoms. The lowest BCUT2D eigenvalue weighted by molar-refractivity contribution is -0.128. The first-order chi connectivity index (χ1) is 13.6. The Morgan fingerprint density at radius 3 is 2.82 bits per heavy atom. The summed E-state index contributed by atoms with van der Waals surface area (Å²) in [6.45, 7) is 3.48. The van der Waals surface area contributed by atoms with E-state index in [0.717, 1.165) is 32.3 Å². The van der Waals surface area contributed by atoms with Crippen molar-refractivity contribution in [2.45, 2.75) is 57.2 Å². The number of nitrogens with zero attached hydrogens (tertiary/aromatic N) is 2. The van der Waals surface area contributed by atoms with Gasteiger partial charge in [0.15, 0.2) is 0 Å². The number of hydrogen-bond donors (Lipinski definition) is 1. The highest BCUT2D eigenvalue weighted by Crippen LogP contribution is 2.33. The second-order valence-corrected chi connectivity index (χ2v) is 7.79. The van der Waals surface area contributed by atoms with Gasteiger partial charge in [-0.05, 0) is 51.2 Å². The molecular formula is C21H27N3O4. The molecule has 7 heteroatoms. The summed E-state index contributed by atoms with van der Waals surface area (Å²) < 4.78 is 5.56. The van der Waals surface area contributed by atoms with E-state index in [1.165, 1.54) is 4.90 Å². The fourth-order valence-electron chi connectivity index (χ4n) is 4.41. The number of piperidine rings is 1. The van der Waals surface area contributed by atoms with Gasteiger partial charge in [-0.2, -0.15) is 0 Å². The van der Waals surface area contributed by atoms with Gasteiger partial charge in [0.1, 0.15) is 12.1 Å². The molecule has 0 spiro atoms. The molecule has 150 valence electrons. The van der Waals surface area contributed by atoms with Crippen molar-refractivity contribution in [2.24, 2.45) is 0 Å². The number of amides is 3. The van der Waals surface area contributed by atoms with Crippen LogP contribution in [-0.2, 0) is 14.3 Å². The van der Waals surface area contributed by atoms with Gasteiger partial charge in [0.2, 0.25) is 5.91 Å². The topological polar surface area (TPSA) is 79.0 Å². The second kappa shape index (κ2) is 7.91. The van der Waals surface area contributed by atoms with Crippen LogP contribution in [0.4, 0.5) is 5.69 Å². The number of anilines is 1. The lowest BCUT2D eigenvalue weighted by Gasteiger charge is -2.35. The summed E-state index contributed by atoms with van der Waals surface area (Å²) in [5.41, 5.74) is 1.01. The predicted molar refractivity (Wildman–Crippen MR) is 104 cm³/mol. The zero-order valence-electron chi connectivity index (χ0n) is 16.2. The SMILES string of the molecule is C[C@H](C(=O)NC[C@@H]1CCCO1)N1C(=O)[C@@H]2CCCCN2C(=O)c2ccccc21. The fourth-order valence-corrected chi connectivity index (χ4v) is 4.41. The van der Waals surface area contributed by atoms with Crippen molar-refractivity contribution in [3.05, 3.63) is 29.8 Å². The smallest absolute Gasteiger partial charge is 0.256 e. The van der Waals surface area contributed by atoms with Crippen LogP contribution in [0.1, 0.15) is 49.4 Å². The van der Waals surface area contributed by atoms with E-state index in [1.807, 2.05) is 0 Å². The maximum absolute atomic E-state index is 13.4. The molecule has 3 heterocycles. The Hall–Kier alpha value is -2.41. The summed E-state index contributed by atoms with van der Waals surface area (Å²) in [6, 6.07) is 5.89. The number of carbonyl (C=O) groups is 3. The van der Waals surface area contributed by atoms with Crippen LogP contribution in [0, 0.1) is 0 Å². The highest BCUT2D eigenvalue weighted by Gasteiger charge is 2.43. The third-order valence-electron chi connectivity index (χ3n) is 5.97. The van der Waals surface area contributed by atoms with Crippen molar-refractivity contribution < 1.29 is 19.1 Å². The van der Waals surface area contributed by atoms with Crippen molar-refractivity contribution >= 4 is 23.4 Å². The molecule has 2 fully saturated rings. The molecule has 3 atom stereocenters. The van der Waals surface area contributed by atoms with E-state index in [2.05, 4.69) is 5.32 Å². The van der Waals surface area contributed by atoms with Gasteiger partial charge in [0.05, 0.1) is 17.4 Å². The second-order valence-electron chi connectivity index (χ2n) is 7.79. The largest absolute Gasteiger partial charge is 0.376 e. The van der Waals surface area contributed by atoms with Crippen LogP contribution in [0.3, 0.4) is 0 Å². The average Bonchev–Trinajstić information content (AvgIpc) is 3.22. The summed E-state index contributed by atoms with van der Waals surface area (Å²) in [4.78, 5) is 42.6. The molecular weight excluding hydrogens is 358 g/mol. The number of nitrogens with one attached hydrogen (secondary N) is 1. The van der Waals surface area contributed by atoms with Crippen molar-refractivity contribution in [1.29, 1.82) is 0 Å². The van der Waals surface area contributed by atoms with E-state index in [4.69, 9.17) is 4.74 Å². The number of para-hydroxylation sites is 1. The Morgan fingerprint density at radius 2 is 2.04 bits per heavy atom. The van der Waals surface area contributed by atoms with E-state index in [-0.39, 0.29) is 23.8 Å². The van der Waals surface area contributed by atoms with Gasteiger partial charge in [-0.3, -0.25) is 19.3 Å². The molecule has 0 unspecified atom stereocenters. The summed E-state index contributed by atoms with van der Waals surface area (Å²) in [5, 5.41) is 2.92. The number of carbonyl (C=O) groups excluding carboxylic acids is 3. The highest BCUT2D eigenvalue weighted by molar-refractivity contribution is 6.13. The van der Waals surface area contributed by atoms with Crippen LogP contribution in [0.25, 0.3) is 0 Å². The van der Waals surface area contributed by atoms with Gasteiger partial charge in [0, 0.05) is 19.7 Å². The van der Waals surface area contributed by atoms with Gasteiger partial charge < -0.3 is 15.0 Å². The Morgan fingerprint density at radius 1 is 1.21 bits per heavy atom. The monoisotopic (exact) mass is 385 g/mol. The highest BCUT2D eigenvalue weighted by atomic mass is 16.5. The van der Waals surface area contributed by atoms with E-state index >= 15 is 0 Å². The summed E-state index contributed by atoms with van der Waals surface area (Å²) in [7, 11) is 0. The molecule has 3 aliphatic rings. The maximum atomic E-state index is 13.4. The molecule has 0 aromatic heterocycles. The number of fused-ring (bicyclic) bond motifs is 2. The quantitative estimate of drug-likeness (QED) is 0.856. The Kier molecular flexibility index (Phi) is 5.35. The fraction of sp³-hybridized carbons (Fsp3) is 0.571. The maximum Gasteiger partial charge on any atom is 0.256 e. The van der Waals surface area contributed by atoms with Gasteiger partial charge in [-0.25, -0.2) is 0 Å². The number of ether oxygens (including phenoxy) is 1. The van der Waals surface area contributed by atoms with Gasteiger partial charge in [-0.15, -0.1) is 0 Å². The van der Waals surface area contributed by atoms with E-state index in [9.17, 15) is 14.4 Å². The van der Waals surface area contributed by atoms with Crippen LogP contribution in [0.5, 0.6) is 0 Å². The van der Waals surface area contributed by atoms with Gasteiger partial charge >= 0.3 is 0 Å². The van der Waals surface area contributed by atoms with Crippen molar-refractivity contribution in [3.63, 3.8) is 0 Å². The molecule has 7 nitrogen and oxygen atoms in total. The first-order valence-electron chi connectivity index (χ1n) is 10.2. The van der Waals surface area contributed by atoms with Crippen molar-refractivity contribution in [2.75, 3.05) is 24.6 Å². The molecule has 1 N–H and O–H groups in total. The number of hydrogen-bond acceptors (Lipinski definition) is 4. The summed E-state index contributed by atoms with van der Waals surface area (Å²) in [6.07, 6.45) is 4.43. The first-order valence-corrected chi connectivity index (χ1v) is 10.2. The van der Waals surface area contributed by atoms with Gasteiger partial charge in [0.25, 0.3) is 11.8 Å². The molecule has 0 saturated carbocycles. The molecule has 3 amide bonds. The van der Waals surface area contributed by atoms with E-state index in [0.29, 0.717) is 30.8 Å². The summed E-state index contributed by atoms with van der Waals surface area (Å²) in [5.74, 6) is -0.517. The van der Waals surface area contributed by atoms with Crippen LogP contribution in [0.15, 0.2) is 24.3 Å². The Bertz CT molecular complexity index is 775. The molecule has 4 rings (SSSR count). The molecule has 0 radical (unpaired) electrons. The van der Waals surface area contributed by atoms with E-state index < -0.39 is 12.1 Å². The number of rotatable bonds is 4. The Balaban J connectivity index is 1.61. The van der Waals surface area contributed by atoms with Crippen LogP contribution in [-0.4, -0.2) is 60.5 Å². The van der Waals surface area contributed by atoms with Crippen LogP contribution < -0.4 is 10.2 Å². The average molecular weight is 385 g/mol. The third-order valence-corrected chi connectivity index (χ3v) is 5.97. The summed E-state index contributed by atoms with van der Waals surface area (Å²) >= 11 is 0. The lowest BCUT2D eigenvalue weighted by atomic mass is 10.0. The molecule has 3 aliphatic heterocycles. The minimum Gasteiger partial charge on any atom is -0.376 e. The van der Waals surface area contributed by atoms with Crippen LogP contribution >= 0.6 is 0 Å². The lowest BCUT2D eigenvalue weighted by Crippen LogP contribution is -2.55. The normalized spacial score (nSPS) is 25.8. The molecule has 1 aromatic rings.